The first-order valence-corrected chi connectivity index (χ1v) is 17.1. The van der Waals surface area contributed by atoms with Gasteiger partial charge in [0.1, 0.15) is 0 Å². The van der Waals surface area contributed by atoms with Gasteiger partial charge in [0, 0.05) is 11.8 Å². The Labute approximate surface area is 254 Å². The summed E-state index contributed by atoms with van der Waals surface area (Å²) in [5.74, 6) is 0.731. The van der Waals surface area contributed by atoms with Gasteiger partial charge in [-0.05, 0) is 109 Å². The van der Waals surface area contributed by atoms with E-state index in [1.54, 1.807) is 4.68 Å². The fourth-order valence-corrected chi connectivity index (χ4v) is 12.0. The average Bonchev–Trinajstić information content (AvgIpc) is 3.33. The molecule has 7 atom stereocenters. The van der Waals surface area contributed by atoms with E-state index in [-0.39, 0.29) is 38.9 Å². The number of nitrogens with zero attached hydrogens (tertiary/aromatic N) is 2. The Hall–Kier alpha value is -1.91. The molecule has 5 nitrogen and oxygen atoms in total. The zero-order chi connectivity index (χ0) is 30.5. The number of aliphatic carboxylic acids is 1. The van der Waals surface area contributed by atoms with Gasteiger partial charge in [-0.1, -0.05) is 79.9 Å². The second-order valence-electron chi connectivity index (χ2n) is 17.4. The van der Waals surface area contributed by atoms with Crippen molar-refractivity contribution in [2.24, 2.45) is 44.8 Å². The molecule has 5 heteroatoms. The number of carboxylic acid groups (broad SMARTS) is 1. The molecule has 1 aromatic heterocycles. The second kappa shape index (κ2) is 9.54. The third-order valence-electron chi connectivity index (χ3n) is 14.5. The summed E-state index contributed by atoms with van der Waals surface area (Å²) in [5.41, 5.74) is 3.62. The number of allylic oxidation sites excluding steroid dienone is 2. The first-order valence-electron chi connectivity index (χ1n) is 17.1. The number of hydrogen-bond acceptors (Lipinski definition) is 3. The van der Waals surface area contributed by atoms with Crippen molar-refractivity contribution in [3.63, 3.8) is 0 Å². The van der Waals surface area contributed by atoms with Crippen LogP contribution in [0.25, 0.3) is 0 Å². The van der Waals surface area contributed by atoms with Crippen molar-refractivity contribution in [3.05, 3.63) is 29.1 Å². The molecule has 1 heterocycles. The fraction of sp³-hybridized carbons (Fsp3) is 0.811. The van der Waals surface area contributed by atoms with E-state index < -0.39 is 11.4 Å². The van der Waals surface area contributed by atoms with Crippen molar-refractivity contribution in [2.45, 2.75) is 144 Å². The van der Waals surface area contributed by atoms with Crippen LogP contribution in [0.1, 0.15) is 148 Å². The van der Waals surface area contributed by atoms with Crippen molar-refractivity contribution in [2.75, 3.05) is 0 Å². The van der Waals surface area contributed by atoms with Gasteiger partial charge in [0.2, 0.25) is 5.91 Å². The van der Waals surface area contributed by atoms with Crippen LogP contribution in [0, 0.1) is 44.8 Å². The van der Waals surface area contributed by atoms with Crippen LogP contribution in [-0.4, -0.2) is 26.8 Å². The van der Waals surface area contributed by atoms with E-state index in [1.165, 1.54) is 23.3 Å². The van der Waals surface area contributed by atoms with Crippen LogP contribution >= 0.6 is 0 Å². The van der Waals surface area contributed by atoms with E-state index >= 15 is 0 Å². The van der Waals surface area contributed by atoms with Gasteiger partial charge in [-0.3, -0.25) is 9.59 Å². The highest BCUT2D eigenvalue weighted by molar-refractivity contribution is 5.79. The fourth-order valence-electron chi connectivity index (χ4n) is 12.0. The molecule has 5 aliphatic carbocycles. The van der Waals surface area contributed by atoms with E-state index in [0.717, 1.165) is 70.6 Å². The van der Waals surface area contributed by atoms with E-state index in [2.05, 4.69) is 61.5 Å². The lowest BCUT2D eigenvalue weighted by Gasteiger charge is -2.70. The van der Waals surface area contributed by atoms with Crippen molar-refractivity contribution in [3.8, 4) is 0 Å². The number of carboxylic acids is 1. The number of carbonyl (C=O) groups excluding carboxylic acids is 1. The van der Waals surface area contributed by atoms with Gasteiger partial charge < -0.3 is 5.11 Å². The van der Waals surface area contributed by atoms with E-state index in [0.29, 0.717) is 18.3 Å². The quantitative estimate of drug-likeness (QED) is 0.280. The zero-order valence-corrected chi connectivity index (χ0v) is 27.7. The lowest BCUT2D eigenvalue weighted by atomic mass is 9.33. The highest BCUT2D eigenvalue weighted by Gasteiger charge is 2.69. The van der Waals surface area contributed by atoms with Crippen LogP contribution < -0.4 is 0 Å². The maximum absolute atomic E-state index is 13.3. The van der Waals surface area contributed by atoms with Crippen LogP contribution in [0.15, 0.2) is 17.8 Å². The molecule has 0 unspecified atom stereocenters. The number of rotatable bonds is 5. The van der Waals surface area contributed by atoms with Gasteiger partial charge in [0.05, 0.1) is 17.3 Å². The van der Waals surface area contributed by atoms with Crippen molar-refractivity contribution < 1.29 is 14.7 Å². The van der Waals surface area contributed by atoms with Gasteiger partial charge in [-0.2, -0.15) is 5.10 Å². The van der Waals surface area contributed by atoms with E-state index in [4.69, 9.17) is 5.10 Å². The third kappa shape index (κ3) is 3.89. The molecule has 42 heavy (non-hydrogen) atoms. The summed E-state index contributed by atoms with van der Waals surface area (Å²) in [6.07, 6.45) is 17.2. The van der Waals surface area contributed by atoms with E-state index in [1.807, 2.05) is 6.20 Å². The Morgan fingerprint density at radius 1 is 0.976 bits per heavy atom. The Bertz CT molecular complexity index is 1320. The number of fused-ring (bicyclic) bond motifs is 8. The third-order valence-corrected chi connectivity index (χ3v) is 14.5. The van der Waals surface area contributed by atoms with Gasteiger partial charge in [0.15, 0.2) is 0 Å². The van der Waals surface area contributed by atoms with Gasteiger partial charge in [-0.25, -0.2) is 4.68 Å². The highest BCUT2D eigenvalue weighted by Crippen LogP contribution is 2.75. The first-order chi connectivity index (χ1) is 19.6. The van der Waals surface area contributed by atoms with Crippen LogP contribution in [0.4, 0.5) is 0 Å². The van der Waals surface area contributed by atoms with Gasteiger partial charge in [0.25, 0.3) is 0 Å². The van der Waals surface area contributed by atoms with Crippen molar-refractivity contribution in [1.82, 2.24) is 9.78 Å². The minimum absolute atomic E-state index is 0.0186. The van der Waals surface area contributed by atoms with Gasteiger partial charge >= 0.3 is 5.97 Å². The number of hydrogen-bond donors (Lipinski definition) is 1. The molecule has 1 N–H and O–H groups in total. The molecule has 1 aromatic rings. The number of aromatic nitrogens is 2. The maximum Gasteiger partial charge on any atom is 0.310 e. The molecule has 0 spiro atoms. The molecule has 0 saturated heterocycles. The van der Waals surface area contributed by atoms with Crippen molar-refractivity contribution in [1.29, 1.82) is 0 Å². The Morgan fingerprint density at radius 3 is 2.38 bits per heavy atom. The maximum atomic E-state index is 13.3. The molecule has 0 amide bonds. The summed E-state index contributed by atoms with van der Waals surface area (Å²) in [5, 5.41) is 15.4. The van der Waals surface area contributed by atoms with Crippen LogP contribution in [0.3, 0.4) is 0 Å². The van der Waals surface area contributed by atoms with Crippen LogP contribution in [-0.2, 0) is 16.6 Å². The lowest BCUT2D eigenvalue weighted by molar-refractivity contribution is -0.177. The smallest absolute Gasteiger partial charge is 0.310 e. The van der Waals surface area contributed by atoms with E-state index in [9.17, 15) is 14.7 Å². The SMILES string of the molecule is CCCCCC(=O)n1ncc2c1C(C)(C)[C@@H]1CC[C@]3(C)[C@H](CC=C4[C@@H]5CC(C)(C)CC[C@]5(C(=O)O)CC[C@]43C)[C@@]1(C)C2. The summed E-state index contributed by atoms with van der Waals surface area (Å²) >= 11 is 0. The molecule has 3 saturated carbocycles. The monoisotopic (exact) mass is 576 g/mol. The second-order valence-corrected chi connectivity index (χ2v) is 17.4. The predicted octanol–water partition coefficient (Wildman–Crippen LogP) is 9.00. The summed E-state index contributed by atoms with van der Waals surface area (Å²) in [7, 11) is 0. The van der Waals surface area contributed by atoms with Crippen molar-refractivity contribution >= 4 is 11.9 Å². The van der Waals surface area contributed by atoms with Crippen LogP contribution in [0.2, 0.25) is 0 Å². The summed E-state index contributed by atoms with van der Waals surface area (Å²) < 4.78 is 1.79. The normalized spacial score (nSPS) is 41.3. The predicted molar refractivity (Wildman–Crippen MR) is 167 cm³/mol. The zero-order valence-electron chi connectivity index (χ0n) is 27.7. The number of unbranched alkanes of at least 4 members (excludes halogenated alkanes) is 2. The molecule has 5 aliphatic rings. The summed E-state index contributed by atoms with van der Waals surface area (Å²) in [6, 6.07) is 0. The molecule has 0 bridgehead atoms. The Kier molecular flexibility index (Phi) is 6.85. The minimum Gasteiger partial charge on any atom is -0.481 e. The topological polar surface area (TPSA) is 72.2 Å². The molecule has 0 radical (unpaired) electrons. The molecule has 3 fully saturated rings. The molecule has 232 valence electrons. The number of carbonyl (C=O) groups is 2. The Balaban J connectivity index is 1.39. The van der Waals surface area contributed by atoms with Gasteiger partial charge in [-0.15, -0.1) is 0 Å². The molecular formula is C37H56N2O3. The van der Waals surface area contributed by atoms with Crippen LogP contribution in [0.5, 0.6) is 0 Å². The Morgan fingerprint density at radius 2 is 1.69 bits per heavy atom. The largest absolute Gasteiger partial charge is 0.481 e. The standard InChI is InChI=1S/C37H56N2O3/c1-9-10-11-12-29(40)39-30-24(23-38-39)21-34(6)27(33(30,4)5)15-16-36(8)28(34)14-13-25-26-22-32(2,3)17-19-37(26,31(41)42)20-18-35(25,36)7/h13,23,26-28H,9-12,14-22H2,1-8H3,(H,41,42)/t26-,27-,28+,34-,35+,36+,37-/m0/s1. The summed E-state index contributed by atoms with van der Waals surface area (Å²) in [4.78, 5) is 26.3. The molecule has 6 rings (SSSR count). The minimum atomic E-state index is -0.592. The molecule has 0 aromatic carbocycles. The highest BCUT2D eigenvalue weighted by atomic mass is 16.4. The molecule has 0 aliphatic heterocycles. The lowest BCUT2D eigenvalue weighted by Crippen LogP contribution is -2.65. The summed E-state index contributed by atoms with van der Waals surface area (Å²) in [6.45, 7) is 19.3. The first kappa shape index (κ1) is 30.1. The molecular weight excluding hydrogens is 520 g/mol. The average molecular weight is 577 g/mol.